The highest BCUT2D eigenvalue weighted by Crippen LogP contribution is 2.31. The largest absolute Gasteiger partial charge is 0.0613 e. The second-order valence-electron chi connectivity index (χ2n) is 5.72. The van der Waals surface area contributed by atoms with E-state index in [9.17, 15) is 0 Å². The van der Waals surface area contributed by atoms with Crippen LogP contribution < -0.4 is 0 Å². The first-order valence-electron chi connectivity index (χ1n) is 7.60. The zero-order chi connectivity index (χ0) is 14.3. The van der Waals surface area contributed by atoms with Crippen molar-refractivity contribution in [2.24, 2.45) is 0 Å². The molecule has 0 aliphatic heterocycles. The van der Waals surface area contributed by atoms with E-state index in [4.69, 9.17) is 0 Å². The average Bonchev–Trinajstić information content (AvgIpc) is 2.45. The average molecular weight is 262 g/mol. The van der Waals surface area contributed by atoms with Crippen molar-refractivity contribution in [3.05, 3.63) is 58.7 Å². The van der Waals surface area contributed by atoms with Crippen molar-refractivity contribution in [2.45, 2.75) is 40.5 Å². The molecule has 0 bridgehead atoms. The summed E-state index contributed by atoms with van der Waals surface area (Å²) in [6.45, 7) is 8.93. The molecule has 102 valence electrons. The fraction of sp³-hybridized carbons (Fsp3) is 0.300. The molecule has 0 spiro atoms. The summed E-state index contributed by atoms with van der Waals surface area (Å²) >= 11 is 0. The molecule has 0 fully saturated rings. The number of hydrogen-bond acceptors (Lipinski definition) is 0. The minimum Gasteiger partial charge on any atom is -0.0613 e. The van der Waals surface area contributed by atoms with Gasteiger partial charge in [-0.05, 0) is 82.6 Å². The van der Waals surface area contributed by atoms with Crippen LogP contribution in [0.2, 0.25) is 0 Å². The van der Waals surface area contributed by atoms with E-state index >= 15 is 0 Å². The highest BCUT2D eigenvalue weighted by Gasteiger charge is 2.08. The Labute approximate surface area is 121 Å². The maximum absolute atomic E-state index is 2.38. The zero-order valence-electron chi connectivity index (χ0n) is 12.9. The van der Waals surface area contributed by atoms with Gasteiger partial charge < -0.3 is 0 Å². The molecule has 0 aromatic heterocycles. The summed E-state index contributed by atoms with van der Waals surface area (Å²) in [6.07, 6.45) is 2.20. The van der Waals surface area contributed by atoms with Gasteiger partial charge in [-0.25, -0.2) is 0 Å². The maximum Gasteiger partial charge on any atom is -0.0143 e. The zero-order valence-corrected chi connectivity index (χ0v) is 12.9. The summed E-state index contributed by atoms with van der Waals surface area (Å²) < 4.78 is 0. The Morgan fingerprint density at radius 2 is 1.05 bits per heavy atom. The van der Waals surface area contributed by atoms with E-state index in [1.807, 2.05) is 0 Å². The van der Waals surface area contributed by atoms with E-state index in [1.54, 1.807) is 0 Å². The third-order valence-corrected chi connectivity index (χ3v) is 4.56. The Morgan fingerprint density at radius 1 is 0.650 bits per heavy atom. The molecular weight excluding hydrogens is 240 g/mol. The Hall–Kier alpha value is -1.82. The predicted molar refractivity (Wildman–Crippen MR) is 89.7 cm³/mol. The number of hydrogen-bond donors (Lipinski definition) is 0. The molecule has 3 rings (SSSR count). The van der Waals surface area contributed by atoms with Crippen LogP contribution in [-0.2, 0) is 12.8 Å². The first-order chi connectivity index (χ1) is 9.65. The molecule has 0 amide bonds. The quantitative estimate of drug-likeness (QED) is 0.517. The first kappa shape index (κ1) is 13.2. The second-order valence-corrected chi connectivity index (χ2v) is 5.72. The van der Waals surface area contributed by atoms with Crippen LogP contribution in [0.15, 0.2) is 36.4 Å². The molecule has 3 aromatic rings. The molecule has 0 N–H and O–H groups in total. The predicted octanol–water partition coefficient (Wildman–Crippen LogP) is 5.73. The Bertz CT molecular complexity index is 725. The van der Waals surface area contributed by atoms with E-state index in [0.29, 0.717) is 0 Å². The first-order valence-corrected chi connectivity index (χ1v) is 7.60. The third-order valence-electron chi connectivity index (χ3n) is 4.56. The van der Waals surface area contributed by atoms with Gasteiger partial charge in [0, 0.05) is 0 Å². The van der Waals surface area contributed by atoms with Gasteiger partial charge in [-0.3, -0.25) is 0 Å². The lowest BCUT2D eigenvalue weighted by Gasteiger charge is -2.13. The van der Waals surface area contributed by atoms with E-state index in [-0.39, 0.29) is 0 Å². The Kier molecular flexibility index (Phi) is 3.25. The molecule has 0 saturated heterocycles. The molecule has 20 heavy (non-hydrogen) atoms. The molecule has 0 unspecified atom stereocenters. The summed E-state index contributed by atoms with van der Waals surface area (Å²) in [6, 6.07) is 13.8. The van der Waals surface area contributed by atoms with Crippen LogP contribution in [0.3, 0.4) is 0 Å². The van der Waals surface area contributed by atoms with Gasteiger partial charge in [0.2, 0.25) is 0 Å². The number of rotatable bonds is 2. The van der Waals surface area contributed by atoms with Gasteiger partial charge >= 0.3 is 0 Å². The van der Waals surface area contributed by atoms with Crippen molar-refractivity contribution < 1.29 is 0 Å². The highest BCUT2D eigenvalue weighted by molar-refractivity contribution is 6.01. The third kappa shape index (κ3) is 1.91. The van der Waals surface area contributed by atoms with Gasteiger partial charge in [-0.1, -0.05) is 38.1 Å². The molecular formula is C20H22. The van der Waals surface area contributed by atoms with E-state index in [0.717, 1.165) is 12.8 Å². The van der Waals surface area contributed by atoms with Gasteiger partial charge in [0.05, 0.1) is 0 Å². The molecule has 3 aromatic carbocycles. The highest BCUT2D eigenvalue weighted by atomic mass is 14.1. The van der Waals surface area contributed by atoms with Crippen molar-refractivity contribution in [3.8, 4) is 0 Å². The van der Waals surface area contributed by atoms with Crippen molar-refractivity contribution in [2.75, 3.05) is 0 Å². The maximum atomic E-state index is 2.38. The SMILES string of the molecule is CCc1c(C)ccc2cc3c(CC)c(C)ccc3cc12. The van der Waals surface area contributed by atoms with E-state index in [1.165, 1.54) is 43.8 Å². The van der Waals surface area contributed by atoms with Gasteiger partial charge in [0.25, 0.3) is 0 Å². The minimum atomic E-state index is 1.10. The molecule has 0 aliphatic rings. The van der Waals surface area contributed by atoms with Crippen molar-refractivity contribution in [1.82, 2.24) is 0 Å². The van der Waals surface area contributed by atoms with E-state index in [2.05, 4.69) is 64.1 Å². The van der Waals surface area contributed by atoms with Crippen molar-refractivity contribution >= 4 is 21.5 Å². The summed E-state index contributed by atoms with van der Waals surface area (Å²) in [5.41, 5.74) is 5.79. The summed E-state index contributed by atoms with van der Waals surface area (Å²) in [5.74, 6) is 0. The van der Waals surface area contributed by atoms with Gasteiger partial charge in [-0.2, -0.15) is 0 Å². The topological polar surface area (TPSA) is 0 Å². The lowest BCUT2D eigenvalue weighted by molar-refractivity contribution is 1.13. The molecule has 0 aliphatic carbocycles. The molecule has 0 heteroatoms. The standard InChI is InChI=1S/C20H22/c1-5-17-13(3)7-9-15-12-20-16(11-19(15)17)10-8-14(4)18(20)6-2/h7-12H,5-6H2,1-4H3. The summed E-state index contributed by atoms with van der Waals surface area (Å²) in [4.78, 5) is 0. The lowest BCUT2D eigenvalue weighted by atomic mass is 9.92. The number of benzene rings is 3. The van der Waals surface area contributed by atoms with Crippen molar-refractivity contribution in [3.63, 3.8) is 0 Å². The normalized spacial score (nSPS) is 11.4. The van der Waals surface area contributed by atoms with Crippen LogP contribution in [0, 0.1) is 13.8 Å². The summed E-state index contributed by atoms with van der Waals surface area (Å²) in [5, 5.41) is 5.59. The lowest BCUT2D eigenvalue weighted by Crippen LogP contribution is -1.92. The monoisotopic (exact) mass is 262 g/mol. The molecule has 0 heterocycles. The van der Waals surface area contributed by atoms with E-state index < -0.39 is 0 Å². The second kappa shape index (κ2) is 4.94. The summed E-state index contributed by atoms with van der Waals surface area (Å²) in [7, 11) is 0. The fourth-order valence-corrected chi connectivity index (χ4v) is 3.43. The molecule has 0 radical (unpaired) electrons. The number of fused-ring (bicyclic) bond motifs is 2. The van der Waals surface area contributed by atoms with Gasteiger partial charge in [0.15, 0.2) is 0 Å². The van der Waals surface area contributed by atoms with Crippen LogP contribution >= 0.6 is 0 Å². The fourth-order valence-electron chi connectivity index (χ4n) is 3.43. The van der Waals surface area contributed by atoms with Crippen LogP contribution in [0.4, 0.5) is 0 Å². The van der Waals surface area contributed by atoms with Crippen LogP contribution in [-0.4, -0.2) is 0 Å². The smallest absolute Gasteiger partial charge is 0.0143 e. The molecule has 0 saturated carbocycles. The number of aryl methyl sites for hydroxylation is 4. The Morgan fingerprint density at radius 3 is 1.40 bits per heavy atom. The molecule has 0 atom stereocenters. The molecule has 0 nitrogen and oxygen atoms in total. The van der Waals surface area contributed by atoms with Crippen LogP contribution in [0.25, 0.3) is 21.5 Å². The van der Waals surface area contributed by atoms with Gasteiger partial charge in [-0.15, -0.1) is 0 Å². The van der Waals surface area contributed by atoms with Crippen molar-refractivity contribution in [1.29, 1.82) is 0 Å². The minimum absolute atomic E-state index is 1.10. The van der Waals surface area contributed by atoms with Crippen LogP contribution in [0.5, 0.6) is 0 Å². The Balaban J connectivity index is 2.46. The van der Waals surface area contributed by atoms with Crippen LogP contribution in [0.1, 0.15) is 36.1 Å². The van der Waals surface area contributed by atoms with Gasteiger partial charge in [0.1, 0.15) is 0 Å².